The van der Waals surface area contributed by atoms with E-state index in [9.17, 15) is 9.59 Å². The van der Waals surface area contributed by atoms with Crippen LogP contribution < -0.4 is 5.32 Å². The molecular weight excluding hydrogens is 383 g/mol. The summed E-state index contributed by atoms with van der Waals surface area (Å²) in [4.78, 5) is 27.0. The Morgan fingerprint density at radius 1 is 1.04 bits per heavy atom. The molecule has 4 nitrogen and oxygen atoms in total. The largest absolute Gasteiger partial charge is 0.354 e. The number of halogens is 2. The molecule has 0 heterocycles. The molecule has 2 aromatic rings. The van der Waals surface area contributed by atoms with E-state index >= 15 is 0 Å². The third-order valence-electron chi connectivity index (χ3n) is 4.23. The first-order valence-corrected chi connectivity index (χ1v) is 9.72. The van der Waals surface area contributed by atoms with Crippen molar-refractivity contribution in [2.24, 2.45) is 0 Å². The number of carbonyl (C=O) groups excluding carboxylic acids is 2. The van der Waals surface area contributed by atoms with Crippen molar-refractivity contribution in [1.29, 1.82) is 0 Å². The van der Waals surface area contributed by atoms with Crippen LogP contribution in [0.25, 0.3) is 0 Å². The summed E-state index contributed by atoms with van der Waals surface area (Å²) in [6, 6.07) is 13.9. The van der Waals surface area contributed by atoms with Crippen LogP contribution in [-0.4, -0.2) is 29.3 Å². The zero-order valence-corrected chi connectivity index (χ0v) is 17.1. The molecule has 0 bridgehead atoms. The number of benzene rings is 2. The van der Waals surface area contributed by atoms with E-state index in [2.05, 4.69) is 5.32 Å². The van der Waals surface area contributed by atoms with Gasteiger partial charge in [0.25, 0.3) is 0 Å². The second kappa shape index (κ2) is 10.3. The van der Waals surface area contributed by atoms with E-state index in [1.807, 2.05) is 31.2 Å². The van der Waals surface area contributed by atoms with Crippen LogP contribution in [0.4, 0.5) is 0 Å². The van der Waals surface area contributed by atoms with Gasteiger partial charge in [-0.3, -0.25) is 9.59 Å². The van der Waals surface area contributed by atoms with Crippen LogP contribution in [0.5, 0.6) is 0 Å². The number of carbonyl (C=O) groups is 2. The summed E-state index contributed by atoms with van der Waals surface area (Å²) in [6.07, 6.45) is 1.02. The Morgan fingerprint density at radius 2 is 1.74 bits per heavy atom. The minimum atomic E-state index is -0.584. The van der Waals surface area contributed by atoms with Crippen LogP contribution >= 0.6 is 23.2 Å². The fourth-order valence-corrected chi connectivity index (χ4v) is 3.03. The summed E-state index contributed by atoms with van der Waals surface area (Å²) in [5.74, 6) is -0.295. The van der Waals surface area contributed by atoms with Gasteiger partial charge in [-0.25, -0.2) is 0 Å². The molecule has 0 aliphatic carbocycles. The fraction of sp³-hybridized carbons (Fsp3) is 0.333. The van der Waals surface area contributed by atoms with Crippen molar-refractivity contribution < 1.29 is 9.59 Å². The Balaban J connectivity index is 2.20. The summed E-state index contributed by atoms with van der Waals surface area (Å²) >= 11 is 12.0. The van der Waals surface area contributed by atoms with Gasteiger partial charge in [-0.1, -0.05) is 54.4 Å². The third-order valence-corrected chi connectivity index (χ3v) is 4.71. The van der Waals surface area contributed by atoms with Crippen molar-refractivity contribution in [2.45, 2.75) is 39.3 Å². The Hall–Kier alpha value is -2.04. The lowest BCUT2D eigenvalue weighted by Gasteiger charge is -2.29. The van der Waals surface area contributed by atoms with Crippen molar-refractivity contribution in [2.75, 3.05) is 6.54 Å². The van der Waals surface area contributed by atoms with Crippen molar-refractivity contribution in [3.8, 4) is 0 Å². The van der Waals surface area contributed by atoms with Gasteiger partial charge in [-0.2, -0.15) is 0 Å². The molecule has 0 radical (unpaired) electrons. The minimum Gasteiger partial charge on any atom is -0.354 e. The van der Waals surface area contributed by atoms with E-state index in [1.165, 1.54) is 0 Å². The van der Waals surface area contributed by atoms with Crippen LogP contribution in [-0.2, 0) is 22.6 Å². The second-order valence-corrected chi connectivity index (χ2v) is 7.29. The molecule has 6 heteroatoms. The van der Waals surface area contributed by atoms with Gasteiger partial charge < -0.3 is 10.2 Å². The second-order valence-electron chi connectivity index (χ2n) is 6.42. The van der Waals surface area contributed by atoms with Crippen LogP contribution in [0, 0.1) is 0 Å². The average molecular weight is 407 g/mol. The smallest absolute Gasteiger partial charge is 0.242 e. The molecule has 27 heavy (non-hydrogen) atoms. The van der Waals surface area contributed by atoms with Crippen LogP contribution in [0.2, 0.25) is 10.0 Å². The van der Waals surface area contributed by atoms with E-state index in [1.54, 1.807) is 36.1 Å². The van der Waals surface area contributed by atoms with Gasteiger partial charge in [0.15, 0.2) is 0 Å². The fourth-order valence-electron chi connectivity index (χ4n) is 2.69. The predicted octanol–water partition coefficient (Wildman–Crippen LogP) is 4.48. The number of hydrogen-bond acceptors (Lipinski definition) is 2. The van der Waals surface area contributed by atoms with Crippen molar-refractivity contribution >= 4 is 35.0 Å². The summed E-state index contributed by atoms with van der Waals surface area (Å²) in [6.45, 7) is 4.65. The van der Waals surface area contributed by atoms with Crippen molar-refractivity contribution in [1.82, 2.24) is 10.2 Å². The zero-order chi connectivity index (χ0) is 19.8. The highest BCUT2D eigenvalue weighted by molar-refractivity contribution is 6.30. The number of nitrogens with one attached hydrogen (secondary N) is 1. The van der Waals surface area contributed by atoms with Crippen molar-refractivity contribution in [3.05, 3.63) is 69.7 Å². The molecule has 0 spiro atoms. The Labute approximate surface area is 170 Å². The lowest BCUT2D eigenvalue weighted by Crippen LogP contribution is -2.48. The van der Waals surface area contributed by atoms with Crippen LogP contribution in [0.3, 0.4) is 0 Å². The average Bonchev–Trinajstić information content (AvgIpc) is 2.65. The van der Waals surface area contributed by atoms with Crippen LogP contribution in [0.1, 0.15) is 31.4 Å². The molecule has 0 fully saturated rings. The summed E-state index contributed by atoms with van der Waals surface area (Å²) in [5.41, 5.74) is 1.73. The highest BCUT2D eigenvalue weighted by atomic mass is 35.5. The number of nitrogens with zero attached hydrogens (tertiary/aromatic N) is 1. The first-order valence-electron chi connectivity index (χ1n) is 8.96. The van der Waals surface area contributed by atoms with Gasteiger partial charge in [-0.05, 0) is 48.7 Å². The van der Waals surface area contributed by atoms with Gasteiger partial charge in [0, 0.05) is 23.1 Å². The van der Waals surface area contributed by atoms with Gasteiger partial charge in [-0.15, -0.1) is 0 Å². The van der Waals surface area contributed by atoms with Gasteiger partial charge >= 0.3 is 0 Å². The van der Waals surface area contributed by atoms with Gasteiger partial charge in [0.1, 0.15) is 6.04 Å². The zero-order valence-electron chi connectivity index (χ0n) is 15.5. The SMILES string of the molecule is CCCNC(=O)[C@H](C)N(Cc1ccc(Cl)cc1)C(=O)Cc1cccc(Cl)c1. The van der Waals surface area contributed by atoms with Crippen molar-refractivity contribution in [3.63, 3.8) is 0 Å². The van der Waals surface area contributed by atoms with E-state index < -0.39 is 6.04 Å². The maximum atomic E-state index is 13.0. The summed E-state index contributed by atoms with van der Waals surface area (Å²) in [5, 5.41) is 4.07. The molecule has 2 amide bonds. The highest BCUT2D eigenvalue weighted by Crippen LogP contribution is 2.16. The molecule has 0 unspecified atom stereocenters. The minimum absolute atomic E-state index is 0.133. The number of amides is 2. The normalized spacial score (nSPS) is 11.7. The predicted molar refractivity (Wildman–Crippen MR) is 110 cm³/mol. The molecule has 1 atom stereocenters. The maximum Gasteiger partial charge on any atom is 0.242 e. The molecule has 144 valence electrons. The van der Waals surface area contributed by atoms with E-state index in [-0.39, 0.29) is 18.2 Å². The molecule has 2 aromatic carbocycles. The monoisotopic (exact) mass is 406 g/mol. The molecule has 0 saturated heterocycles. The molecule has 2 rings (SSSR count). The molecule has 1 N–H and O–H groups in total. The van der Waals surface area contributed by atoms with E-state index in [0.29, 0.717) is 23.1 Å². The lowest BCUT2D eigenvalue weighted by atomic mass is 10.1. The molecule has 0 aromatic heterocycles. The first-order chi connectivity index (χ1) is 12.9. The lowest BCUT2D eigenvalue weighted by molar-refractivity contribution is -0.140. The molecular formula is C21H24Cl2N2O2. The quantitative estimate of drug-likeness (QED) is 0.702. The van der Waals surface area contributed by atoms with Crippen LogP contribution in [0.15, 0.2) is 48.5 Å². The van der Waals surface area contributed by atoms with Gasteiger partial charge in [0.2, 0.25) is 11.8 Å². The summed E-state index contributed by atoms with van der Waals surface area (Å²) < 4.78 is 0. The Kier molecular flexibility index (Phi) is 8.14. The number of hydrogen-bond donors (Lipinski definition) is 1. The number of rotatable bonds is 8. The van der Waals surface area contributed by atoms with E-state index in [4.69, 9.17) is 23.2 Å². The van der Waals surface area contributed by atoms with Gasteiger partial charge in [0.05, 0.1) is 6.42 Å². The van der Waals surface area contributed by atoms with E-state index in [0.717, 1.165) is 17.5 Å². The molecule has 0 aliphatic heterocycles. The topological polar surface area (TPSA) is 49.4 Å². The molecule has 0 aliphatic rings. The Bertz CT molecular complexity index is 778. The summed E-state index contributed by atoms with van der Waals surface area (Å²) in [7, 11) is 0. The standard InChI is InChI=1S/C21H24Cl2N2O2/c1-3-11-24-21(27)15(2)25(14-16-7-9-18(22)10-8-16)20(26)13-17-5-4-6-19(23)12-17/h4-10,12,15H,3,11,13-14H2,1-2H3,(H,24,27)/t15-/m0/s1. The molecule has 0 saturated carbocycles. The Morgan fingerprint density at radius 3 is 2.37 bits per heavy atom. The maximum absolute atomic E-state index is 13.0. The first kappa shape index (κ1) is 21.3. The third kappa shape index (κ3) is 6.56. The highest BCUT2D eigenvalue weighted by Gasteiger charge is 2.26.